The minimum absolute atomic E-state index is 0.00424. The van der Waals surface area contributed by atoms with Crippen LogP contribution in [0, 0.1) is 5.92 Å². The molecule has 2 fully saturated rings. The molecule has 1 aliphatic carbocycles. The molecule has 0 unspecified atom stereocenters. The molecule has 1 saturated carbocycles. The number of nitrogens with zero attached hydrogens (tertiary/aromatic N) is 4. The summed E-state index contributed by atoms with van der Waals surface area (Å²) in [4.78, 5) is 28.6. The number of benzene rings is 1. The van der Waals surface area contributed by atoms with Gasteiger partial charge in [0.05, 0.1) is 16.6 Å². The van der Waals surface area contributed by atoms with Gasteiger partial charge in [0.2, 0.25) is 5.88 Å². The Hall–Kier alpha value is -2.99. The van der Waals surface area contributed by atoms with Gasteiger partial charge in [0.25, 0.3) is 5.91 Å². The fourth-order valence-corrected chi connectivity index (χ4v) is 4.83. The van der Waals surface area contributed by atoms with Crippen LogP contribution < -0.4 is 4.74 Å². The van der Waals surface area contributed by atoms with Crippen LogP contribution in [0.25, 0.3) is 11.4 Å². The number of hydrogen-bond acceptors (Lipinski definition) is 5. The summed E-state index contributed by atoms with van der Waals surface area (Å²) in [6, 6.07) is 13.0. The van der Waals surface area contributed by atoms with E-state index in [4.69, 9.17) is 16.3 Å². The molecule has 30 heavy (non-hydrogen) atoms. The molecule has 2 bridgehead atoms. The summed E-state index contributed by atoms with van der Waals surface area (Å²) in [7, 11) is 0. The van der Waals surface area contributed by atoms with Gasteiger partial charge in [-0.15, -0.1) is 0 Å². The first kappa shape index (κ1) is 19.0. The van der Waals surface area contributed by atoms with Crippen molar-refractivity contribution in [1.82, 2.24) is 19.9 Å². The van der Waals surface area contributed by atoms with E-state index in [9.17, 15) is 4.79 Å². The molecule has 6 nitrogen and oxygen atoms in total. The number of pyridine rings is 1. The largest absolute Gasteiger partial charge is 0.472 e. The van der Waals surface area contributed by atoms with Crippen molar-refractivity contribution in [3.63, 3.8) is 0 Å². The number of halogens is 1. The first-order chi connectivity index (χ1) is 14.6. The molecule has 152 valence electrons. The lowest BCUT2D eigenvalue weighted by atomic mass is 9.97. The maximum Gasteiger partial charge on any atom is 0.255 e. The molecule has 1 aliphatic heterocycles. The van der Waals surface area contributed by atoms with Crippen LogP contribution in [0.3, 0.4) is 0 Å². The van der Waals surface area contributed by atoms with E-state index in [1.54, 1.807) is 36.8 Å². The lowest BCUT2D eigenvalue weighted by molar-refractivity contribution is 0.0315. The number of rotatable bonds is 4. The van der Waals surface area contributed by atoms with Crippen molar-refractivity contribution in [2.45, 2.75) is 38.0 Å². The number of amides is 1. The fourth-order valence-electron chi connectivity index (χ4n) is 4.72. The zero-order chi connectivity index (χ0) is 20.7. The van der Waals surface area contributed by atoms with Crippen molar-refractivity contribution in [2.75, 3.05) is 0 Å². The van der Waals surface area contributed by atoms with E-state index in [1.165, 1.54) is 0 Å². The summed E-state index contributed by atoms with van der Waals surface area (Å²) in [5.74, 6) is 1.50. The van der Waals surface area contributed by atoms with Gasteiger partial charge in [0.15, 0.2) is 5.82 Å². The summed E-state index contributed by atoms with van der Waals surface area (Å²) < 4.78 is 6.16. The number of carbonyl (C=O) groups is 1. The van der Waals surface area contributed by atoms with Gasteiger partial charge in [0.1, 0.15) is 6.10 Å². The van der Waals surface area contributed by atoms with Crippen LogP contribution in [0.4, 0.5) is 0 Å². The molecular formula is C23H21ClN4O2. The van der Waals surface area contributed by atoms with Gasteiger partial charge in [-0.2, -0.15) is 0 Å². The molecule has 0 N–H and O–H groups in total. The van der Waals surface area contributed by atoms with Gasteiger partial charge in [-0.05, 0) is 43.9 Å². The van der Waals surface area contributed by atoms with Crippen LogP contribution in [0.5, 0.6) is 5.88 Å². The summed E-state index contributed by atoms with van der Waals surface area (Å²) >= 11 is 5.93. The molecule has 3 heterocycles. The smallest absolute Gasteiger partial charge is 0.255 e. The van der Waals surface area contributed by atoms with E-state index >= 15 is 0 Å². The topological polar surface area (TPSA) is 68.2 Å². The van der Waals surface area contributed by atoms with Crippen molar-refractivity contribution in [1.29, 1.82) is 0 Å². The molecule has 2 aromatic heterocycles. The van der Waals surface area contributed by atoms with E-state index in [2.05, 4.69) is 21.9 Å². The van der Waals surface area contributed by atoms with Crippen LogP contribution in [-0.4, -0.2) is 43.9 Å². The Morgan fingerprint density at radius 2 is 1.87 bits per heavy atom. The second-order valence-corrected chi connectivity index (χ2v) is 8.28. The van der Waals surface area contributed by atoms with Gasteiger partial charge >= 0.3 is 0 Å². The monoisotopic (exact) mass is 420 g/mol. The van der Waals surface area contributed by atoms with Crippen LogP contribution in [0.15, 0.2) is 61.1 Å². The summed E-state index contributed by atoms with van der Waals surface area (Å²) in [5.41, 5.74) is 1.36. The molecule has 0 spiro atoms. The SMILES string of the molecule is C[C@@H]1[C@H]2C[C@@H](Oc3ccc(Cl)cn3)[C@H](C2)N1C(=O)c1ccccc1-c1ncccn1. The Kier molecular flexibility index (Phi) is 4.87. The van der Waals surface area contributed by atoms with E-state index < -0.39 is 0 Å². The second kappa shape index (κ2) is 7.69. The molecule has 4 atom stereocenters. The van der Waals surface area contributed by atoms with E-state index in [-0.39, 0.29) is 24.1 Å². The minimum atomic E-state index is -0.0797. The fraction of sp³-hybridized carbons (Fsp3) is 0.304. The Morgan fingerprint density at radius 3 is 2.60 bits per heavy atom. The lowest BCUT2D eigenvalue weighted by Crippen LogP contribution is -2.51. The number of fused-ring (bicyclic) bond motifs is 2. The summed E-state index contributed by atoms with van der Waals surface area (Å²) in [5, 5.41) is 0.570. The zero-order valence-electron chi connectivity index (χ0n) is 16.5. The average Bonchev–Trinajstić information content (AvgIpc) is 3.33. The lowest BCUT2D eigenvalue weighted by Gasteiger charge is -2.38. The normalized spacial score (nSPS) is 24.8. The van der Waals surface area contributed by atoms with Crippen LogP contribution in [-0.2, 0) is 0 Å². The number of carbonyl (C=O) groups excluding carboxylic acids is 1. The van der Waals surface area contributed by atoms with Gasteiger partial charge < -0.3 is 9.64 Å². The standard InChI is InChI=1S/C23H21ClN4O2/c1-14-15-11-19(20(12-15)30-21-8-7-16(24)13-27-21)28(14)23(29)18-6-3-2-5-17(18)22-25-9-4-10-26-22/h2-10,13-15,19-20H,11-12H2,1H3/t14-,15-,19+,20-/m1/s1. The predicted molar refractivity (Wildman–Crippen MR) is 113 cm³/mol. The maximum absolute atomic E-state index is 13.7. The molecular weight excluding hydrogens is 400 g/mol. The number of likely N-dealkylation sites (tertiary alicyclic amines) is 1. The van der Waals surface area contributed by atoms with Crippen molar-refractivity contribution in [3.8, 4) is 17.3 Å². The number of aromatic nitrogens is 3. The second-order valence-electron chi connectivity index (χ2n) is 7.84. The maximum atomic E-state index is 13.7. The van der Waals surface area contributed by atoms with Gasteiger partial charge in [-0.1, -0.05) is 29.8 Å². The molecule has 0 radical (unpaired) electrons. The third kappa shape index (κ3) is 3.31. The number of piperidine rings is 1. The highest BCUT2D eigenvalue weighted by atomic mass is 35.5. The Labute approximate surface area is 179 Å². The first-order valence-corrected chi connectivity index (χ1v) is 10.5. The van der Waals surface area contributed by atoms with Crippen LogP contribution >= 0.6 is 11.6 Å². The molecule has 3 aromatic rings. The van der Waals surface area contributed by atoms with E-state index in [1.807, 2.05) is 29.2 Å². The van der Waals surface area contributed by atoms with Crippen LogP contribution in [0.2, 0.25) is 5.02 Å². The first-order valence-electron chi connectivity index (χ1n) is 10.1. The van der Waals surface area contributed by atoms with E-state index in [0.29, 0.717) is 28.2 Å². The van der Waals surface area contributed by atoms with Crippen molar-refractivity contribution >= 4 is 17.5 Å². The Balaban J connectivity index is 1.43. The van der Waals surface area contributed by atoms with Gasteiger partial charge in [-0.3, -0.25) is 4.79 Å². The van der Waals surface area contributed by atoms with Gasteiger partial charge in [0, 0.05) is 36.3 Å². The molecule has 2 aliphatic rings. The molecule has 1 saturated heterocycles. The van der Waals surface area contributed by atoms with Crippen LogP contribution in [0.1, 0.15) is 30.1 Å². The summed E-state index contributed by atoms with van der Waals surface area (Å²) in [6.07, 6.45) is 6.73. The molecule has 5 rings (SSSR count). The number of hydrogen-bond donors (Lipinski definition) is 0. The van der Waals surface area contributed by atoms with Crippen molar-refractivity contribution < 1.29 is 9.53 Å². The van der Waals surface area contributed by atoms with Gasteiger partial charge in [-0.25, -0.2) is 15.0 Å². The highest BCUT2D eigenvalue weighted by Gasteiger charge is 2.52. The third-order valence-corrected chi connectivity index (χ3v) is 6.38. The van der Waals surface area contributed by atoms with Crippen molar-refractivity contribution in [2.24, 2.45) is 5.92 Å². The quantitative estimate of drug-likeness (QED) is 0.630. The number of ether oxygens (including phenoxy) is 1. The van der Waals surface area contributed by atoms with Crippen molar-refractivity contribution in [3.05, 3.63) is 71.6 Å². The molecule has 1 amide bonds. The molecule has 1 aromatic carbocycles. The summed E-state index contributed by atoms with van der Waals surface area (Å²) in [6.45, 7) is 2.13. The zero-order valence-corrected chi connectivity index (χ0v) is 17.2. The minimum Gasteiger partial charge on any atom is -0.472 e. The predicted octanol–water partition coefficient (Wildman–Crippen LogP) is 4.26. The van der Waals surface area contributed by atoms with E-state index in [0.717, 1.165) is 18.4 Å². The highest BCUT2D eigenvalue weighted by Crippen LogP contribution is 2.45. The Bertz CT molecular complexity index is 1060. The Morgan fingerprint density at radius 1 is 1.07 bits per heavy atom. The third-order valence-electron chi connectivity index (χ3n) is 6.16. The highest BCUT2D eigenvalue weighted by molar-refractivity contribution is 6.30. The molecule has 7 heteroatoms. The average molecular weight is 421 g/mol.